The predicted octanol–water partition coefficient (Wildman–Crippen LogP) is 2.65. The fraction of sp³-hybridized carbons (Fsp3) is 0.273. The Morgan fingerprint density at radius 2 is 1.80 bits per heavy atom. The molecule has 1 aromatic carbocycles. The zero-order valence-corrected chi connectivity index (χ0v) is 10.5. The van der Waals surface area contributed by atoms with Crippen molar-refractivity contribution >= 4 is 31.3 Å². The van der Waals surface area contributed by atoms with Crippen LogP contribution < -0.4 is 0 Å². The number of halogens is 1. The highest BCUT2D eigenvalue weighted by Gasteiger charge is 2.16. The molecule has 0 radical (unpaired) electrons. The average Bonchev–Trinajstić information content (AvgIpc) is 2.20. The van der Waals surface area contributed by atoms with Gasteiger partial charge in [0, 0.05) is 4.47 Å². The van der Waals surface area contributed by atoms with Crippen LogP contribution in [0, 0.1) is 0 Å². The van der Waals surface area contributed by atoms with E-state index < -0.39 is 9.84 Å². The SMILES string of the molecule is O=S1(=O)CC=C(c2ccc(Br)cc2)CC1. The van der Waals surface area contributed by atoms with E-state index in [0.717, 1.165) is 15.6 Å². The molecule has 1 aromatic rings. The minimum absolute atomic E-state index is 0.179. The fourth-order valence-corrected chi connectivity index (χ4v) is 3.02. The molecule has 0 amide bonds. The summed E-state index contributed by atoms with van der Waals surface area (Å²) < 4.78 is 23.5. The third kappa shape index (κ3) is 2.69. The van der Waals surface area contributed by atoms with E-state index >= 15 is 0 Å². The van der Waals surface area contributed by atoms with Crippen molar-refractivity contribution in [2.24, 2.45) is 0 Å². The van der Waals surface area contributed by atoms with Crippen LogP contribution in [0.1, 0.15) is 12.0 Å². The van der Waals surface area contributed by atoms with Crippen LogP contribution in [-0.2, 0) is 9.84 Å². The van der Waals surface area contributed by atoms with Gasteiger partial charge in [-0.3, -0.25) is 0 Å². The molecular formula is C11H11BrO2S. The monoisotopic (exact) mass is 286 g/mol. The summed E-state index contributed by atoms with van der Waals surface area (Å²) in [6, 6.07) is 7.96. The van der Waals surface area contributed by atoms with Crippen molar-refractivity contribution < 1.29 is 8.42 Å². The van der Waals surface area contributed by atoms with E-state index in [-0.39, 0.29) is 11.5 Å². The molecule has 0 bridgehead atoms. The smallest absolute Gasteiger partial charge is 0.154 e. The Morgan fingerprint density at radius 1 is 1.13 bits per heavy atom. The predicted molar refractivity (Wildman–Crippen MR) is 65.4 cm³/mol. The summed E-state index contributed by atoms with van der Waals surface area (Å²) in [7, 11) is -2.82. The van der Waals surface area contributed by atoms with E-state index in [2.05, 4.69) is 15.9 Å². The first-order chi connectivity index (χ1) is 7.07. The molecule has 1 heterocycles. The molecule has 15 heavy (non-hydrogen) atoms. The third-order valence-electron chi connectivity index (χ3n) is 2.48. The van der Waals surface area contributed by atoms with Crippen molar-refractivity contribution in [3.8, 4) is 0 Å². The minimum atomic E-state index is -2.82. The average molecular weight is 287 g/mol. The molecule has 0 N–H and O–H groups in total. The van der Waals surface area contributed by atoms with Gasteiger partial charge in [0.05, 0.1) is 11.5 Å². The van der Waals surface area contributed by atoms with Gasteiger partial charge in [0.15, 0.2) is 9.84 Å². The van der Waals surface area contributed by atoms with Gasteiger partial charge in [-0.2, -0.15) is 0 Å². The van der Waals surface area contributed by atoms with Gasteiger partial charge in [0.25, 0.3) is 0 Å². The Kier molecular flexibility index (Phi) is 2.98. The van der Waals surface area contributed by atoms with Gasteiger partial charge in [-0.1, -0.05) is 34.1 Å². The molecule has 0 fully saturated rings. The highest BCUT2D eigenvalue weighted by Crippen LogP contribution is 2.24. The highest BCUT2D eigenvalue weighted by atomic mass is 79.9. The quantitative estimate of drug-likeness (QED) is 0.795. The second-order valence-corrected chi connectivity index (χ2v) is 6.75. The van der Waals surface area contributed by atoms with Crippen molar-refractivity contribution in [3.63, 3.8) is 0 Å². The molecule has 2 rings (SSSR count). The van der Waals surface area contributed by atoms with Crippen LogP contribution in [0.15, 0.2) is 34.8 Å². The normalized spacial score (nSPS) is 19.7. The number of allylic oxidation sites excluding steroid dienone is 1. The molecule has 0 aromatic heterocycles. The van der Waals surface area contributed by atoms with E-state index in [0.29, 0.717) is 6.42 Å². The molecule has 0 aliphatic carbocycles. The molecule has 0 spiro atoms. The summed E-state index contributed by atoms with van der Waals surface area (Å²) in [5.74, 6) is 0.452. The molecular weight excluding hydrogens is 276 g/mol. The lowest BCUT2D eigenvalue weighted by Gasteiger charge is -2.13. The van der Waals surface area contributed by atoms with Crippen LogP contribution in [-0.4, -0.2) is 19.9 Å². The molecule has 1 aliphatic heterocycles. The van der Waals surface area contributed by atoms with Crippen LogP contribution in [0.4, 0.5) is 0 Å². The van der Waals surface area contributed by atoms with Crippen LogP contribution in [0.2, 0.25) is 0 Å². The van der Waals surface area contributed by atoms with Gasteiger partial charge >= 0.3 is 0 Å². The Bertz CT molecular complexity index is 486. The molecule has 0 saturated heterocycles. The maximum atomic E-state index is 11.2. The van der Waals surface area contributed by atoms with Gasteiger partial charge in [-0.15, -0.1) is 0 Å². The number of hydrogen-bond acceptors (Lipinski definition) is 2. The zero-order valence-electron chi connectivity index (χ0n) is 8.11. The molecule has 1 aliphatic rings. The van der Waals surface area contributed by atoms with Gasteiger partial charge in [-0.05, 0) is 29.7 Å². The lowest BCUT2D eigenvalue weighted by Crippen LogP contribution is -2.14. The van der Waals surface area contributed by atoms with E-state index in [1.165, 1.54) is 0 Å². The zero-order chi connectivity index (χ0) is 10.9. The summed E-state index contributed by atoms with van der Waals surface area (Å²) in [6.07, 6.45) is 2.45. The Morgan fingerprint density at radius 3 is 2.33 bits per heavy atom. The summed E-state index contributed by atoms with van der Waals surface area (Å²) in [6.45, 7) is 0. The second-order valence-electron chi connectivity index (χ2n) is 3.60. The number of rotatable bonds is 1. The van der Waals surface area contributed by atoms with E-state index in [9.17, 15) is 8.42 Å². The van der Waals surface area contributed by atoms with Crippen molar-refractivity contribution in [2.45, 2.75) is 6.42 Å². The van der Waals surface area contributed by atoms with Crippen LogP contribution in [0.3, 0.4) is 0 Å². The first-order valence-electron chi connectivity index (χ1n) is 4.72. The first kappa shape index (κ1) is 10.9. The maximum absolute atomic E-state index is 11.2. The van der Waals surface area contributed by atoms with Crippen LogP contribution in [0.25, 0.3) is 5.57 Å². The van der Waals surface area contributed by atoms with Gasteiger partial charge in [0.1, 0.15) is 0 Å². The maximum Gasteiger partial charge on any atom is 0.154 e. The Labute approximate surface area is 98.1 Å². The second kappa shape index (κ2) is 4.10. The standard InChI is InChI=1S/C11H11BrO2S/c12-11-3-1-9(2-4-11)10-5-7-15(13,14)8-6-10/h1-5H,6-8H2. The van der Waals surface area contributed by atoms with Crippen molar-refractivity contribution in [1.82, 2.24) is 0 Å². The number of benzene rings is 1. The Hall–Kier alpha value is -0.610. The first-order valence-corrected chi connectivity index (χ1v) is 7.34. The van der Waals surface area contributed by atoms with Gasteiger partial charge in [-0.25, -0.2) is 8.42 Å². The van der Waals surface area contributed by atoms with Gasteiger partial charge in [0.2, 0.25) is 0 Å². The molecule has 0 atom stereocenters. The Balaban J connectivity index is 2.27. The lowest BCUT2D eigenvalue weighted by molar-refractivity contribution is 0.598. The summed E-state index contributed by atoms with van der Waals surface area (Å²) in [4.78, 5) is 0. The number of sulfone groups is 1. The van der Waals surface area contributed by atoms with Crippen molar-refractivity contribution in [2.75, 3.05) is 11.5 Å². The summed E-state index contributed by atoms with van der Waals surface area (Å²) in [5.41, 5.74) is 2.26. The molecule has 2 nitrogen and oxygen atoms in total. The largest absolute Gasteiger partial charge is 0.229 e. The fourth-order valence-electron chi connectivity index (χ4n) is 1.60. The number of hydrogen-bond donors (Lipinski definition) is 0. The summed E-state index contributed by atoms with van der Waals surface area (Å²) in [5, 5.41) is 0. The summed E-state index contributed by atoms with van der Waals surface area (Å²) >= 11 is 3.37. The van der Waals surface area contributed by atoms with E-state index in [1.807, 2.05) is 30.3 Å². The molecule has 0 unspecified atom stereocenters. The van der Waals surface area contributed by atoms with Crippen molar-refractivity contribution in [3.05, 3.63) is 40.4 Å². The van der Waals surface area contributed by atoms with E-state index in [4.69, 9.17) is 0 Å². The van der Waals surface area contributed by atoms with Crippen molar-refractivity contribution in [1.29, 1.82) is 0 Å². The van der Waals surface area contributed by atoms with Crippen LogP contribution in [0.5, 0.6) is 0 Å². The minimum Gasteiger partial charge on any atom is -0.229 e. The topological polar surface area (TPSA) is 34.1 Å². The van der Waals surface area contributed by atoms with Gasteiger partial charge < -0.3 is 0 Å². The molecule has 80 valence electrons. The van der Waals surface area contributed by atoms with Crippen LogP contribution >= 0.6 is 15.9 Å². The highest BCUT2D eigenvalue weighted by molar-refractivity contribution is 9.10. The molecule has 0 saturated carbocycles. The third-order valence-corrected chi connectivity index (χ3v) is 4.51. The lowest BCUT2D eigenvalue weighted by atomic mass is 10.0. The van der Waals surface area contributed by atoms with E-state index in [1.54, 1.807) is 0 Å². The molecule has 4 heteroatoms.